The molecule has 0 saturated carbocycles. The maximum absolute atomic E-state index is 11.9. The third-order valence-electron chi connectivity index (χ3n) is 3.01. The molecule has 1 saturated heterocycles. The van der Waals surface area contributed by atoms with Gasteiger partial charge in [-0.1, -0.05) is 0 Å². The molecule has 1 amide bonds. The van der Waals surface area contributed by atoms with Crippen molar-refractivity contribution in [2.45, 2.75) is 25.5 Å². The fourth-order valence-corrected chi connectivity index (χ4v) is 1.98. The third-order valence-corrected chi connectivity index (χ3v) is 3.01. The first-order valence-electron chi connectivity index (χ1n) is 6.32. The van der Waals surface area contributed by atoms with Gasteiger partial charge in [0.15, 0.2) is 0 Å². The van der Waals surface area contributed by atoms with Gasteiger partial charge in [0, 0.05) is 32.5 Å². The van der Waals surface area contributed by atoms with Gasteiger partial charge < -0.3 is 19.4 Å². The lowest BCUT2D eigenvalue weighted by molar-refractivity contribution is -0.124. The number of rotatable bonds is 5. The van der Waals surface area contributed by atoms with E-state index in [1.165, 1.54) is 10.6 Å². The van der Waals surface area contributed by atoms with Crippen LogP contribution < -0.4 is 10.9 Å². The van der Waals surface area contributed by atoms with Crippen molar-refractivity contribution in [3.05, 3.63) is 28.7 Å². The summed E-state index contributed by atoms with van der Waals surface area (Å²) in [5, 5.41) is 2.76. The van der Waals surface area contributed by atoms with Gasteiger partial charge >= 0.3 is 0 Å². The van der Waals surface area contributed by atoms with E-state index in [0.29, 0.717) is 25.4 Å². The number of aromatic nitrogens is 1. The molecule has 2 rings (SSSR count). The predicted octanol–water partition coefficient (Wildman–Crippen LogP) is 0.612. The number of pyridine rings is 1. The molecule has 0 radical (unpaired) electrons. The van der Waals surface area contributed by atoms with Gasteiger partial charge in [-0.3, -0.25) is 9.59 Å². The molecule has 1 unspecified atom stereocenters. The summed E-state index contributed by atoms with van der Waals surface area (Å²) in [5.41, 5.74) is 0.475. The number of methoxy groups -OCH3 is 1. The van der Waals surface area contributed by atoms with Crippen molar-refractivity contribution >= 4 is 11.6 Å². The molecular formula is C13H18N2O4. The molecular weight excluding hydrogens is 248 g/mol. The van der Waals surface area contributed by atoms with E-state index in [9.17, 15) is 9.59 Å². The number of nitrogens with zero attached hydrogens (tertiary/aromatic N) is 1. The third kappa shape index (κ3) is 3.65. The average Bonchev–Trinajstić information content (AvgIpc) is 2.93. The van der Waals surface area contributed by atoms with Gasteiger partial charge in [-0.2, -0.15) is 0 Å². The Morgan fingerprint density at radius 3 is 3.11 bits per heavy atom. The fraction of sp³-hybridized carbons (Fsp3) is 0.538. The van der Waals surface area contributed by atoms with Crippen LogP contribution in [-0.2, 0) is 20.8 Å². The zero-order valence-electron chi connectivity index (χ0n) is 10.9. The number of nitrogens with one attached hydrogen (secondary N) is 1. The lowest BCUT2D eigenvalue weighted by Gasteiger charge is -2.12. The smallest absolute Gasteiger partial charge is 0.253 e. The Labute approximate surface area is 111 Å². The topological polar surface area (TPSA) is 69.6 Å². The number of hydrogen-bond donors (Lipinski definition) is 1. The first-order chi connectivity index (χ1) is 9.20. The summed E-state index contributed by atoms with van der Waals surface area (Å²) in [6.45, 7) is 1.54. The summed E-state index contributed by atoms with van der Waals surface area (Å²) in [6.07, 6.45) is 2.90. The molecule has 1 fully saturated rings. The van der Waals surface area contributed by atoms with Crippen molar-refractivity contribution in [2.75, 3.05) is 25.6 Å². The van der Waals surface area contributed by atoms with E-state index in [1.54, 1.807) is 19.4 Å². The van der Waals surface area contributed by atoms with Gasteiger partial charge in [0.2, 0.25) is 0 Å². The molecule has 1 aliphatic heterocycles. The molecule has 104 valence electrons. The Bertz CT molecular complexity index is 492. The van der Waals surface area contributed by atoms with Crippen LogP contribution in [0.2, 0.25) is 0 Å². The van der Waals surface area contributed by atoms with Crippen molar-refractivity contribution < 1.29 is 14.3 Å². The normalized spacial score (nSPS) is 18.5. The standard InChI is InChI=1S/C13H18N2O4/c1-18-8-6-15-9-10(4-5-12(15)16)14-13(17)11-3-2-7-19-11/h4-5,9,11H,2-3,6-8H2,1H3,(H,14,17). The molecule has 1 N–H and O–H groups in total. The van der Waals surface area contributed by atoms with Gasteiger partial charge in [-0.05, 0) is 18.9 Å². The molecule has 6 heteroatoms. The van der Waals surface area contributed by atoms with Crippen LogP contribution in [0.25, 0.3) is 0 Å². The monoisotopic (exact) mass is 266 g/mol. The Balaban J connectivity index is 2.03. The van der Waals surface area contributed by atoms with Crippen molar-refractivity contribution in [1.82, 2.24) is 4.57 Å². The molecule has 6 nitrogen and oxygen atoms in total. The van der Waals surface area contributed by atoms with Gasteiger partial charge in [-0.25, -0.2) is 0 Å². The molecule has 0 aromatic carbocycles. The zero-order valence-corrected chi connectivity index (χ0v) is 10.9. The summed E-state index contributed by atoms with van der Waals surface area (Å²) in [4.78, 5) is 23.5. The molecule has 1 aromatic rings. The van der Waals surface area contributed by atoms with Gasteiger partial charge in [0.25, 0.3) is 11.5 Å². The lowest BCUT2D eigenvalue weighted by atomic mass is 10.2. The lowest BCUT2D eigenvalue weighted by Crippen LogP contribution is -2.28. The minimum atomic E-state index is -0.376. The summed E-state index contributed by atoms with van der Waals surface area (Å²) < 4.78 is 11.7. The molecule has 1 atom stereocenters. The summed E-state index contributed by atoms with van der Waals surface area (Å²) in [7, 11) is 1.58. The number of carbonyl (C=O) groups is 1. The molecule has 1 aromatic heterocycles. The van der Waals surface area contributed by atoms with Crippen molar-refractivity contribution in [2.24, 2.45) is 0 Å². The highest BCUT2D eigenvalue weighted by Gasteiger charge is 2.23. The van der Waals surface area contributed by atoms with Crippen LogP contribution in [0.4, 0.5) is 5.69 Å². The Kier molecular flexibility index (Phi) is 4.70. The largest absolute Gasteiger partial charge is 0.383 e. The SMILES string of the molecule is COCCn1cc(NC(=O)C2CCCO2)ccc1=O. The molecule has 1 aliphatic rings. The minimum Gasteiger partial charge on any atom is -0.383 e. The van der Waals surface area contributed by atoms with Crippen LogP contribution in [0.1, 0.15) is 12.8 Å². The molecule has 2 heterocycles. The van der Waals surface area contributed by atoms with Gasteiger partial charge in [0.1, 0.15) is 6.10 Å². The Morgan fingerprint density at radius 1 is 1.58 bits per heavy atom. The second kappa shape index (κ2) is 6.49. The molecule has 19 heavy (non-hydrogen) atoms. The van der Waals surface area contributed by atoms with E-state index < -0.39 is 0 Å². The van der Waals surface area contributed by atoms with Crippen molar-refractivity contribution in [3.63, 3.8) is 0 Å². The summed E-state index contributed by atoms with van der Waals surface area (Å²) >= 11 is 0. The minimum absolute atomic E-state index is 0.118. The first-order valence-corrected chi connectivity index (χ1v) is 6.32. The Morgan fingerprint density at radius 2 is 2.42 bits per heavy atom. The second-order valence-electron chi connectivity index (χ2n) is 4.43. The highest BCUT2D eigenvalue weighted by Crippen LogP contribution is 2.14. The average molecular weight is 266 g/mol. The van der Waals surface area contributed by atoms with Gasteiger partial charge in [-0.15, -0.1) is 0 Å². The van der Waals surface area contributed by atoms with Crippen LogP contribution >= 0.6 is 0 Å². The highest BCUT2D eigenvalue weighted by molar-refractivity contribution is 5.94. The predicted molar refractivity (Wildman–Crippen MR) is 70.2 cm³/mol. The molecule has 0 spiro atoms. The summed E-state index contributed by atoms with van der Waals surface area (Å²) in [6, 6.07) is 3.03. The number of ether oxygens (including phenoxy) is 2. The number of hydrogen-bond acceptors (Lipinski definition) is 4. The second-order valence-corrected chi connectivity index (χ2v) is 4.43. The number of carbonyl (C=O) groups excluding carboxylic acids is 1. The Hall–Kier alpha value is -1.66. The van der Waals surface area contributed by atoms with Crippen LogP contribution in [0, 0.1) is 0 Å². The van der Waals surface area contributed by atoms with Crippen LogP contribution in [0.5, 0.6) is 0 Å². The van der Waals surface area contributed by atoms with Crippen LogP contribution in [0.15, 0.2) is 23.1 Å². The fourth-order valence-electron chi connectivity index (χ4n) is 1.98. The van der Waals surface area contributed by atoms with E-state index >= 15 is 0 Å². The van der Waals surface area contributed by atoms with E-state index in [2.05, 4.69) is 5.32 Å². The van der Waals surface area contributed by atoms with E-state index in [4.69, 9.17) is 9.47 Å². The van der Waals surface area contributed by atoms with Crippen molar-refractivity contribution in [3.8, 4) is 0 Å². The quantitative estimate of drug-likeness (QED) is 0.848. The highest BCUT2D eigenvalue weighted by atomic mass is 16.5. The number of anilines is 1. The maximum atomic E-state index is 11.9. The van der Waals surface area contributed by atoms with Crippen LogP contribution in [-0.4, -0.2) is 36.9 Å². The van der Waals surface area contributed by atoms with Gasteiger partial charge in [0.05, 0.1) is 12.3 Å². The van der Waals surface area contributed by atoms with E-state index in [-0.39, 0.29) is 17.6 Å². The van der Waals surface area contributed by atoms with Crippen molar-refractivity contribution in [1.29, 1.82) is 0 Å². The first kappa shape index (κ1) is 13.8. The summed E-state index contributed by atoms with van der Waals surface area (Å²) in [5.74, 6) is -0.158. The molecule has 0 bridgehead atoms. The van der Waals surface area contributed by atoms with Crippen LogP contribution in [0.3, 0.4) is 0 Å². The molecule has 0 aliphatic carbocycles. The van der Waals surface area contributed by atoms with E-state index in [1.807, 2.05) is 0 Å². The number of amides is 1. The van der Waals surface area contributed by atoms with E-state index in [0.717, 1.165) is 12.8 Å². The zero-order chi connectivity index (χ0) is 13.7. The maximum Gasteiger partial charge on any atom is 0.253 e.